The number of hydrazone groups is 1. The van der Waals surface area contributed by atoms with Gasteiger partial charge in [-0.3, -0.25) is 5.43 Å². The molecule has 4 nitrogen and oxygen atoms in total. The number of anilines is 3. The van der Waals surface area contributed by atoms with Crippen molar-refractivity contribution in [1.82, 2.24) is 5.43 Å². The zero-order chi connectivity index (χ0) is 39.5. The molecule has 0 amide bonds. The Kier molecular flexibility index (Phi) is 17.5. The summed E-state index contributed by atoms with van der Waals surface area (Å²) in [5.41, 5.74) is 16.1. The quantitative estimate of drug-likeness (QED) is 0.115. The predicted molar refractivity (Wildman–Crippen MR) is 237 cm³/mol. The summed E-state index contributed by atoms with van der Waals surface area (Å²) in [4.78, 5) is 2.28. The lowest BCUT2D eigenvalue weighted by Gasteiger charge is -2.28. The van der Waals surface area contributed by atoms with Crippen LogP contribution in [0.5, 0.6) is 5.75 Å². The Hall–Kier alpha value is -5.87. The summed E-state index contributed by atoms with van der Waals surface area (Å²) in [6, 6.07) is 41.6. The Morgan fingerprint density at radius 1 is 0.704 bits per heavy atom. The van der Waals surface area contributed by atoms with Gasteiger partial charge >= 0.3 is 0 Å². The van der Waals surface area contributed by atoms with Crippen LogP contribution in [0, 0.1) is 20.8 Å². The molecule has 0 atom stereocenters. The lowest BCUT2D eigenvalue weighted by Crippen LogP contribution is -2.13. The molecule has 1 aliphatic rings. The highest BCUT2D eigenvalue weighted by molar-refractivity contribution is 5.99. The van der Waals surface area contributed by atoms with Gasteiger partial charge in [0, 0.05) is 11.4 Å². The first-order valence-electron chi connectivity index (χ1n) is 19.1. The molecule has 280 valence electrons. The van der Waals surface area contributed by atoms with Crippen LogP contribution in [-0.4, -0.2) is 5.71 Å². The number of allylic oxidation sites excluding steroid dienone is 3. The van der Waals surface area contributed by atoms with E-state index >= 15 is 0 Å². The summed E-state index contributed by atoms with van der Waals surface area (Å²) in [6.45, 7) is 26.5. The van der Waals surface area contributed by atoms with Gasteiger partial charge in [-0.05, 0) is 117 Å². The van der Waals surface area contributed by atoms with Crippen molar-refractivity contribution in [2.45, 2.75) is 75.2 Å². The molecule has 0 spiro atoms. The SMILES string of the molecule is C=Cc1ccccc1N(c1ccc(/C(C)=N/NC(=C)c2ccc(C)cc2)cc1)c1ccccc1C.CC.CC.CC1=C(Oc2ccccc2C)C=CCC1. The first-order valence-corrected chi connectivity index (χ1v) is 19.1. The molecule has 0 aromatic heterocycles. The second-order valence-corrected chi connectivity index (χ2v) is 12.5. The molecular formula is C50H59N3O. The molecule has 1 N–H and O–H groups in total. The van der Waals surface area contributed by atoms with E-state index in [1.165, 1.54) is 22.3 Å². The average molecular weight is 718 g/mol. The largest absolute Gasteiger partial charge is 0.457 e. The fraction of sp³-hybridized carbons (Fsp3) is 0.220. The Labute approximate surface area is 326 Å². The molecule has 0 radical (unpaired) electrons. The monoisotopic (exact) mass is 717 g/mol. The average Bonchev–Trinajstić information content (AvgIpc) is 3.22. The van der Waals surface area contributed by atoms with E-state index in [-0.39, 0.29) is 0 Å². The van der Waals surface area contributed by atoms with E-state index in [2.05, 4.69) is 153 Å². The summed E-state index contributed by atoms with van der Waals surface area (Å²) in [6.07, 6.45) is 8.38. The van der Waals surface area contributed by atoms with Gasteiger partial charge in [0.05, 0.1) is 17.1 Å². The van der Waals surface area contributed by atoms with Crippen LogP contribution in [-0.2, 0) is 0 Å². The van der Waals surface area contributed by atoms with E-state index in [9.17, 15) is 0 Å². The Morgan fingerprint density at radius 3 is 1.89 bits per heavy atom. The Morgan fingerprint density at radius 2 is 1.28 bits per heavy atom. The second kappa shape index (κ2) is 22.3. The zero-order valence-corrected chi connectivity index (χ0v) is 33.9. The van der Waals surface area contributed by atoms with Gasteiger partial charge < -0.3 is 9.64 Å². The second-order valence-electron chi connectivity index (χ2n) is 12.5. The first-order chi connectivity index (χ1) is 26.2. The molecule has 6 rings (SSSR count). The lowest BCUT2D eigenvalue weighted by molar-refractivity contribution is 0.429. The fourth-order valence-electron chi connectivity index (χ4n) is 5.64. The molecule has 0 aliphatic heterocycles. The third kappa shape index (κ3) is 11.8. The summed E-state index contributed by atoms with van der Waals surface area (Å²) in [5, 5.41) is 4.57. The Balaban J connectivity index is 0.000000343. The van der Waals surface area contributed by atoms with Crippen LogP contribution in [0.4, 0.5) is 17.1 Å². The number of hydrogen-bond donors (Lipinski definition) is 1. The number of benzene rings is 5. The fourth-order valence-corrected chi connectivity index (χ4v) is 5.64. The van der Waals surface area contributed by atoms with E-state index in [0.717, 1.165) is 69.5 Å². The molecule has 0 unspecified atom stereocenters. The van der Waals surface area contributed by atoms with Crippen molar-refractivity contribution in [3.8, 4) is 5.75 Å². The van der Waals surface area contributed by atoms with Crippen molar-refractivity contribution in [3.63, 3.8) is 0 Å². The van der Waals surface area contributed by atoms with E-state index in [1.807, 2.05) is 77.1 Å². The predicted octanol–water partition coefficient (Wildman–Crippen LogP) is 14.5. The van der Waals surface area contributed by atoms with E-state index < -0.39 is 0 Å². The van der Waals surface area contributed by atoms with Crippen molar-refractivity contribution in [1.29, 1.82) is 0 Å². The molecule has 0 bridgehead atoms. The molecule has 0 heterocycles. The van der Waals surface area contributed by atoms with Crippen LogP contribution < -0.4 is 15.1 Å². The topological polar surface area (TPSA) is 36.9 Å². The summed E-state index contributed by atoms with van der Waals surface area (Å²) in [5.74, 6) is 1.97. The normalized spacial score (nSPS) is 11.8. The maximum atomic E-state index is 5.89. The molecule has 5 aromatic carbocycles. The van der Waals surface area contributed by atoms with Gasteiger partial charge in [-0.1, -0.05) is 150 Å². The van der Waals surface area contributed by atoms with Crippen molar-refractivity contribution >= 4 is 34.5 Å². The van der Waals surface area contributed by atoms with Crippen molar-refractivity contribution in [2.24, 2.45) is 5.10 Å². The first kappa shape index (κ1) is 42.5. The van der Waals surface area contributed by atoms with Crippen LogP contribution in [0.15, 0.2) is 163 Å². The lowest BCUT2D eigenvalue weighted by atomic mass is 10.1. The highest BCUT2D eigenvalue weighted by Gasteiger charge is 2.16. The van der Waals surface area contributed by atoms with E-state index in [1.54, 1.807) is 0 Å². The highest BCUT2D eigenvalue weighted by atomic mass is 16.5. The number of nitrogens with one attached hydrogen (secondary N) is 1. The number of rotatable bonds is 10. The smallest absolute Gasteiger partial charge is 0.130 e. The van der Waals surface area contributed by atoms with Gasteiger partial charge in [-0.15, -0.1) is 0 Å². The summed E-state index contributed by atoms with van der Waals surface area (Å²) in [7, 11) is 0. The molecule has 54 heavy (non-hydrogen) atoms. The van der Waals surface area contributed by atoms with Crippen LogP contribution in [0.25, 0.3) is 11.8 Å². The third-order valence-electron chi connectivity index (χ3n) is 8.75. The van der Waals surface area contributed by atoms with Crippen molar-refractivity contribution < 1.29 is 4.74 Å². The number of para-hydroxylation sites is 3. The summed E-state index contributed by atoms with van der Waals surface area (Å²) >= 11 is 0. The van der Waals surface area contributed by atoms with Crippen molar-refractivity contribution in [2.75, 3.05) is 4.90 Å². The minimum absolute atomic E-state index is 0.771. The van der Waals surface area contributed by atoms with E-state index in [0.29, 0.717) is 0 Å². The van der Waals surface area contributed by atoms with Gasteiger partial charge in [0.25, 0.3) is 0 Å². The van der Waals surface area contributed by atoms with Crippen LogP contribution >= 0.6 is 0 Å². The minimum Gasteiger partial charge on any atom is -0.457 e. The highest BCUT2D eigenvalue weighted by Crippen LogP contribution is 2.38. The maximum absolute atomic E-state index is 5.89. The van der Waals surface area contributed by atoms with Gasteiger partial charge in [0.2, 0.25) is 0 Å². The molecule has 5 aromatic rings. The van der Waals surface area contributed by atoms with Crippen LogP contribution in [0.3, 0.4) is 0 Å². The standard InChI is InChI=1S/C32H31N3.C14H16O.2C2H6/c1-6-27-12-8-10-14-32(27)35(31-13-9-7-11-24(31)3)30-21-19-29(20-22-30)26(5)34-33-25(4)28-17-15-23(2)16-18-28;1-11-7-3-5-9-13(11)15-14-10-6-4-8-12(14)2;2*1-2/h6-22,33H,1,4H2,2-3,5H3;3,5-7,9-10H,4,8H2,1-2H3;2*1-2H3/b34-26+;;;. The van der Waals surface area contributed by atoms with Gasteiger partial charge in [0.1, 0.15) is 11.5 Å². The molecule has 1 aliphatic carbocycles. The number of hydrogen-bond acceptors (Lipinski definition) is 4. The minimum atomic E-state index is 0.771. The van der Waals surface area contributed by atoms with Crippen LogP contribution in [0.2, 0.25) is 0 Å². The number of aryl methyl sites for hydroxylation is 3. The third-order valence-corrected chi connectivity index (χ3v) is 8.75. The van der Waals surface area contributed by atoms with E-state index in [4.69, 9.17) is 4.74 Å². The molecular weight excluding hydrogens is 659 g/mol. The molecule has 0 fully saturated rings. The number of nitrogens with zero attached hydrogens (tertiary/aromatic N) is 2. The molecule has 0 saturated carbocycles. The Bertz CT molecular complexity index is 2030. The van der Waals surface area contributed by atoms with Gasteiger partial charge in [0.15, 0.2) is 0 Å². The molecule has 0 saturated heterocycles. The van der Waals surface area contributed by atoms with Gasteiger partial charge in [-0.25, -0.2) is 0 Å². The van der Waals surface area contributed by atoms with Crippen LogP contribution in [0.1, 0.15) is 87.8 Å². The van der Waals surface area contributed by atoms with Crippen molar-refractivity contribution in [3.05, 3.63) is 191 Å². The van der Waals surface area contributed by atoms with Gasteiger partial charge in [-0.2, -0.15) is 5.10 Å². The molecule has 4 heteroatoms. The maximum Gasteiger partial charge on any atom is 0.130 e. The number of ether oxygens (including phenoxy) is 1. The zero-order valence-electron chi connectivity index (χ0n) is 33.9. The summed E-state index contributed by atoms with van der Waals surface area (Å²) < 4.78 is 5.89.